The first-order valence-corrected chi connectivity index (χ1v) is 2.40. The molecule has 0 aromatic carbocycles. The predicted octanol–water partition coefficient (Wildman–Crippen LogP) is 1.63. The first-order chi connectivity index (χ1) is 3.30. The molecule has 0 saturated carbocycles. The summed E-state index contributed by atoms with van der Waals surface area (Å²) in [6, 6.07) is 0. The molecule has 1 nitrogen and oxygen atoms in total. The summed E-state index contributed by atoms with van der Waals surface area (Å²) in [5.41, 5.74) is 2.67. The Balaban J connectivity index is 0.000000490. The van der Waals surface area contributed by atoms with Gasteiger partial charge in [0.1, 0.15) is 0 Å². The van der Waals surface area contributed by atoms with E-state index in [9.17, 15) is 0 Å². The molecular weight excluding hydrogens is 177 g/mol. The molecule has 2 heteroatoms. The summed E-state index contributed by atoms with van der Waals surface area (Å²) in [5.74, 6) is 0. The number of rotatable bonds is 0. The average Bonchev–Trinajstić information content (AvgIpc) is 1.91. The van der Waals surface area contributed by atoms with Crippen molar-refractivity contribution in [2.75, 3.05) is 0 Å². The second kappa shape index (κ2) is 3.24. The maximum atomic E-state index is 3.00. The standard InChI is InChI=1S/C6H9N.Zr/c1-5-3-7-4-6(5)2;/h3-4,7H,1-2H3;. The zero-order chi connectivity index (χ0) is 5.28. The second-order valence-corrected chi connectivity index (χ2v) is 1.82. The third kappa shape index (κ3) is 1.59. The van der Waals surface area contributed by atoms with Gasteiger partial charge in [0.05, 0.1) is 0 Å². The molecule has 1 heterocycles. The normalized spacial score (nSPS) is 8.25. The van der Waals surface area contributed by atoms with E-state index in [2.05, 4.69) is 18.8 Å². The van der Waals surface area contributed by atoms with E-state index in [1.165, 1.54) is 11.1 Å². The van der Waals surface area contributed by atoms with Crippen LogP contribution >= 0.6 is 0 Å². The van der Waals surface area contributed by atoms with Crippen LogP contribution in [0.25, 0.3) is 0 Å². The van der Waals surface area contributed by atoms with E-state index in [0.29, 0.717) is 0 Å². The van der Waals surface area contributed by atoms with Crippen molar-refractivity contribution in [3.05, 3.63) is 23.5 Å². The van der Waals surface area contributed by atoms with Gasteiger partial charge in [0.15, 0.2) is 0 Å². The zero-order valence-electron chi connectivity index (χ0n) is 5.15. The molecule has 1 N–H and O–H groups in total. The van der Waals surface area contributed by atoms with Crippen molar-refractivity contribution >= 4 is 0 Å². The second-order valence-electron chi connectivity index (χ2n) is 1.82. The van der Waals surface area contributed by atoms with Crippen LogP contribution in [0.3, 0.4) is 0 Å². The van der Waals surface area contributed by atoms with E-state index >= 15 is 0 Å². The van der Waals surface area contributed by atoms with Crippen molar-refractivity contribution in [1.82, 2.24) is 4.98 Å². The fraction of sp³-hybridized carbons (Fsp3) is 0.333. The van der Waals surface area contributed by atoms with Gasteiger partial charge in [0.25, 0.3) is 0 Å². The SMILES string of the molecule is Cc1c[nH]cc1C.[Zr]. The van der Waals surface area contributed by atoms with Gasteiger partial charge in [-0.1, -0.05) is 0 Å². The topological polar surface area (TPSA) is 15.8 Å². The van der Waals surface area contributed by atoms with Gasteiger partial charge in [0.2, 0.25) is 0 Å². The summed E-state index contributed by atoms with van der Waals surface area (Å²) in [6.45, 7) is 4.18. The quantitative estimate of drug-likeness (QED) is 0.634. The Labute approximate surface area is 68.6 Å². The Morgan fingerprint density at radius 2 is 1.50 bits per heavy atom. The smallest absolute Gasteiger partial charge is 0.00372 e. The number of aryl methyl sites for hydroxylation is 2. The fourth-order valence-corrected chi connectivity index (χ4v) is 0.519. The van der Waals surface area contributed by atoms with E-state index in [0.717, 1.165) is 0 Å². The van der Waals surface area contributed by atoms with Crippen molar-refractivity contribution in [3.8, 4) is 0 Å². The Morgan fingerprint density at radius 1 is 1.12 bits per heavy atom. The maximum Gasteiger partial charge on any atom is 0.00372 e. The van der Waals surface area contributed by atoms with E-state index in [4.69, 9.17) is 0 Å². The van der Waals surface area contributed by atoms with E-state index < -0.39 is 0 Å². The number of aromatic amines is 1. The molecule has 0 atom stereocenters. The minimum absolute atomic E-state index is 0. The van der Waals surface area contributed by atoms with Gasteiger partial charge < -0.3 is 4.98 Å². The van der Waals surface area contributed by atoms with Crippen LogP contribution in [0.5, 0.6) is 0 Å². The molecule has 0 spiro atoms. The molecule has 0 aliphatic heterocycles. The molecule has 1 rings (SSSR count). The van der Waals surface area contributed by atoms with Crippen molar-refractivity contribution in [1.29, 1.82) is 0 Å². The number of hydrogen-bond acceptors (Lipinski definition) is 0. The molecule has 0 bridgehead atoms. The molecule has 8 heavy (non-hydrogen) atoms. The van der Waals surface area contributed by atoms with Crippen LogP contribution < -0.4 is 0 Å². The van der Waals surface area contributed by atoms with Crippen molar-refractivity contribution in [2.45, 2.75) is 13.8 Å². The van der Waals surface area contributed by atoms with Crippen LogP contribution in [-0.2, 0) is 26.2 Å². The Morgan fingerprint density at radius 3 is 1.62 bits per heavy atom. The Kier molecular flexibility index (Phi) is 3.31. The third-order valence-electron chi connectivity index (χ3n) is 1.22. The van der Waals surface area contributed by atoms with E-state index in [1.54, 1.807) is 0 Å². The zero-order valence-corrected chi connectivity index (χ0v) is 7.61. The minimum atomic E-state index is 0. The molecule has 0 saturated heterocycles. The number of aromatic nitrogens is 1. The van der Waals surface area contributed by atoms with Gasteiger partial charge in [-0.25, -0.2) is 0 Å². The molecule has 0 amide bonds. The van der Waals surface area contributed by atoms with Gasteiger partial charge in [-0.05, 0) is 25.0 Å². The molecular formula is C6H9NZr. The van der Waals surface area contributed by atoms with Gasteiger partial charge in [-0.3, -0.25) is 0 Å². The number of H-pyrrole nitrogens is 1. The third-order valence-corrected chi connectivity index (χ3v) is 1.22. The summed E-state index contributed by atoms with van der Waals surface area (Å²) in [7, 11) is 0. The van der Waals surface area contributed by atoms with Crippen LogP contribution in [0, 0.1) is 13.8 Å². The largest absolute Gasteiger partial charge is 0.367 e. The fourth-order valence-electron chi connectivity index (χ4n) is 0.519. The molecule has 0 aliphatic carbocycles. The maximum absolute atomic E-state index is 3.00. The first kappa shape index (κ1) is 8.16. The molecule has 0 radical (unpaired) electrons. The van der Waals surface area contributed by atoms with Crippen LogP contribution in [0.15, 0.2) is 12.4 Å². The van der Waals surface area contributed by atoms with Crippen LogP contribution in [0.2, 0.25) is 0 Å². The molecule has 1 aromatic heterocycles. The first-order valence-electron chi connectivity index (χ1n) is 2.40. The average molecular weight is 186 g/mol. The summed E-state index contributed by atoms with van der Waals surface area (Å²) >= 11 is 0. The number of hydrogen-bond donors (Lipinski definition) is 1. The van der Waals surface area contributed by atoms with Gasteiger partial charge in [0, 0.05) is 38.6 Å². The van der Waals surface area contributed by atoms with Gasteiger partial charge in [-0.2, -0.15) is 0 Å². The van der Waals surface area contributed by atoms with Gasteiger partial charge in [-0.15, -0.1) is 0 Å². The Hall–Kier alpha value is 0.163. The van der Waals surface area contributed by atoms with Crippen molar-refractivity contribution < 1.29 is 26.2 Å². The molecule has 0 fully saturated rings. The molecule has 0 unspecified atom stereocenters. The minimum Gasteiger partial charge on any atom is -0.367 e. The molecule has 0 aliphatic rings. The monoisotopic (exact) mass is 185 g/mol. The van der Waals surface area contributed by atoms with Crippen molar-refractivity contribution in [2.24, 2.45) is 0 Å². The van der Waals surface area contributed by atoms with E-state index in [1.807, 2.05) is 12.4 Å². The molecule has 1 aromatic rings. The Bertz CT molecular complexity index is 141. The molecule has 42 valence electrons. The summed E-state index contributed by atoms with van der Waals surface area (Å²) in [4.78, 5) is 3.00. The summed E-state index contributed by atoms with van der Waals surface area (Å²) < 4.78 is 0. The van der Waals surface area contributed by atoms with E-state index in [-0.39, 0.29) is 26.2 Å². The van der Waals surface area contributed by atoms with Crippen LogP contribution in [0.4, 0.5) is 0 Å². The summed E-state index contributed by atoms with van der Waals surface area (Å²) in [5, 5.41) is 0. The number of nitrogens with one attached hydrogen (secondary N) is 1. The van der Waals surface area contributed by atoms with Crippen LogP contribution in [-0.4, -0.2) is 4.98 Å². The summed E-state index contributed by atoms with van der Waals surface area (Å²) in [6.07, 6.45) is 3.99. The van der Waals surface area contributed by atoms with Crippen molar-refractivity contribution in [3.63, 3.8) is 0 Å². The predicted molar refractivity (Wildman–Crippen MR) is 30.3 cm³/mol. The van der Waals surface area contributed by atoms with Gasteiger partial charge >= 0.3 is 0 Å². The van der Waals surface area contributed by atoms with Crippen LogP contribution in [0.1, 0.15) is 11.1 Å².